The van der Waals surface area contributed by atoms with Crippen molar-refractivity contribution in [2.75, 3.05) is 19.7 Å². The van der Waals surface area contributed by atoms with Crippen molar-refractivity contribution in [3.8, 4) is 5.88 Å². The maximum Gasteiger partial charge on any atom is 0.216 e. The highest BCUT2D eigenvalue weighted by Crippen LogP contribution is 2.37. The molecule has 3 heterocycles. The van der Waals surface area contributed by atoms with Crippen LogP contribution in [-0.4, -0.2) is 54.4 Å². The molecule has 6 nitrogen and oxygen atoms in total. The van der Waals surface area contributed by atoms with Crippen LogP contribution < -0.4 is 4.74 Å². The third kappa shape index (κ3) is 2.98. The van der Waals surface area contributed by atoms with Gasteiger partial charge in [0.2, 0.25) is 15.9 Å². The number of rotatable bonds is 4. The van der Waals surface area contributed by atoms with E-state index >= 15 is 0 Å². The van der Waals surface area contributed by atoms with E-state index in [9.17, 15) is 8.42 Å². The van der Waals surface area contributed by atoms with Crippen LogP contribution in [-0.2, 0) is 14.8 Å². The van der Waals surface area contributed by atoms with Crippen LogP contribution in [0.3, 0.4) is 0 Å². The largest absolute Gasteiger partial charge is 0.474 e. The minimum absolute atomic E-state index is 0.0209. The fourth-order valence-electron chi connectivity index (χ4n) is 2.97. The second-order valence-corrected chi connectivity index (χ2v) is 8.78. The average molecular weight is 326 g/mol. The van der Waals surface area contributed by atoms with Gasteiger partial charge in [0.05, 0.1) is 17.5 Å². The molecule has 2 aliphatic rings. The lowest BCUT2D eigenvalue weighted by Crippen LogP contribution is -2.68. The molecule has 2 fully saturated rings. The predicted molar refractivity (Wildman–Crippen MR) is 82.2 cm³/mol. The summed E-state index contributed by atoms with van der Waals surface area (Å²) >= 11 is 0. The summed E-state index contributed by atoms with van der Waals surface area (Å²) in [7, 11) is -3.19. The third-order valence-electron chi connectivity index (χ3n) is 4.26. The van der Waals surface area contributed by atoms with E-state index in [-0.39, 0.29) is 11.7 Å². The van der Waals surface area contributed by atoms with Crippen molar-refractivity contribution in [2.45, 2.75) is 43.6 Å². The molecule has 2 saturated heterocycles. The third-order valence-corrected chi connectivity index (χ3v) is 6.43. The zero-order valence-electron chi connectivity index (χ0n) is 12.9. The smallest absolute Gasteiger partial charge is 0.216 e. The monoisotopic (exact) mass is 326 g/mol. The quantitative estimate of drug-likeness (QED) is 0.837. The summed E-state index contributed by atoms with van der Waals surface area (Å²) in [5.41, 5.74) is -0.389. The topological polar surface area (TPSA) is 68.7 Å². The second-order valence-electron chi connectivity index (χ2n) is 6.29. The first-order valence-electron chi connectivity index (χ1n) is 7.62. The Morgan fingerprint density at radius 1 is 1.41 bits per heavy atom. The van der Waals surface area contributed by atoms with E-state index in [4.69, 9.17) is 9.47 Å². The van der Waals surface area contributed by atoms with Crippen LogP contribution in [0.5, 0.6) is 5.88 Å². The van der Waals surface area contributed by atoms with E-state index in [0.717, 1.165) is 6.42 Å². The van der Waals surface area contributed by atoms with Crippen LogP contribution in [0.25, 0.3) is 0 Å². The Hall–Kier alpha value is -1.18. The van der Waals surface area contributed by atoms with E-state index in [1.54, 1.807) is 20.0 Å². The number of pyridine rings is 1. The molecule has 0 aromatic carbocycles. The Labute approximate surface area is 131 Å². The van der Waals surface area contributed by atoms with Crippen molar-refractivity contribution in [1.82, 2.24) is 9.29 Å². The normalized spacial score (nSPS) is 25.1. The number of hydrogen-bond acceptors (Lipinski definition) is 5. The van der Waals surface area contributed by atoms with Crippen LogP contribution >= 0.6 is 0 Å². The van der Waals surface area contributed by atoms with Gasteiger partial charge in [-0.2, -0.15) is 4.31 Å². The Bertz CT molecular complexity index is 612. The van der Waals surface area contributed by atoms with Gasteiger partial charge in [0.15, 0.2) is 0 Å². The molecule has 2 aliphatic heterocycles. The van der Waals surface area contributed by atoms with Gasteiger partial charge in [-0.15, -0.1) is 0 Å². The molecule has 1 spiro atoms. The molecule has 0 amide bonds. The molecule has 1 aromatic rings. The molecule has 122 valence electrons. The summed E-state index contributed by atoms with van der Waals surface area (Å²) in [5.74, 6) is 0.607. The van der Waals surface area contributed by atoms with Gasteiger partial charge in [-0.25, -0.2) is 13.4 Å². The van der Waals surface area contributed by atoms with Crippen molar-refractivity contribution in [1.29, 1.82) is 0 Å². The van der Waals surface area contributed by atoms with Crippen LogP contribution in [0, 0.1) is 0 Å². The van der Waals surface area contributed by atoms with Crippen LogP contribution in [0.1, 0.15) is 26.7 Å². The molecule has 0 N–H and O–H groups in total. The van der Waals surface area contributed by atoms with Gasteiger partial charge in [-0.3, -0.25) is 0 Å². The maximum absolute atomic E-state index is 12.1. The molecule has 0 aliphatic carbocycles. The van der Waals surface area contributed by atoms with E-state index < -0.39 is 15.3 Å². The second kappa shape index (κ2) is 5.79. The van der Waals surface area contributed by atoms with E-state index in [1.165, 1.54) is 4.31 Å². The van der Waals surface area contributed by atoms with Gasteiger partial charge >= 0.3 is 0 Å². The summed E-state index contributed by atoms with van der Waals surface area (Å²) in [6.45, 7) is 4.85. The van der Waals surface area contributed by atoms with Crippen molar-refractivity contribution in [3.63, 3.8) is 0 Å². The molecule has 1 aromatic heterocycles. The highest BCUT2D eigenvalue weighted by atomic mass is 32.2. The van der Waals surface area contributed by atoms with Crippen molar-refractivity contribution >= 4 is 10.0 Å². The molecule has 0 bridgehead atoms. The first-order chi connectivity index (χ1) is 10.4. The fraction of sp³-hybridized carbons (Fsp3) is 0.667. The Kier molecular flexibility index (Phi) is 4.13. The summed E-state index contributed by atoms with van der Waals surface area (Å²) in [6, 6.07) is 5.56. The molecule has 3 rings (SSSR count). The van der Waals surface area contributed by atoms with Crippen LogP contribution in [0.15, 0.2) is 24.4 Å². The number of nitrogens with zero attached hydrogens (tertiary/aromatic N) is 2. The Morgan fingerprint density at radius 2 is 2.18 bits per heavy atom. The SMILES string of the molecule is CC(C)S(=O)(=O)N1CC2(CC(Oc3ccccn3)CCO2)C1. The molecule has 22 heavy (non-hydrogen) atoms. The van der Waals surface area contributed by atoms with Gasteiger partial charge in [-0.1, -0.05) is 6.07 Å². The number of ether oxygens (including phenoxy) is 2. The van der Waals surface area contributed by atoms with Gasteiger partial charge in [0.1, 0.15) is 6.10 Å². The zero-order chi connectivity index (χ0) is 15.8. The van der Waals surface area contributed by atoms with Crippen LogP contribution in [0.4, 0.5) is 0 Å². The molecule has 0 radical (unpaired) electrons. The highest BCUT2D eigenvalue weighted by molar-refractivity contribution is 7.89. The minimum atomic E-state index is -3.19. The Balaban J connectivity index is 1.61. The summed E-state index contributed by atoms with van der Waals surface area (Å²) in [5, 5.41) is -0.394. The Morgan fingerprint density at radius 3 is 2.82 bits per heavy atom. The molecule has 7 heteroatoms. The van der Waals surface area contributed by atoms with E-state index in [0.29, 0.717) is 32.0 Å². The summed E-state index contributed by atoms with van der Waals surface area (Å²) in [6.07, 6.45) is 3.22. The van der Waals surface area contributed by atoms with E-state index in [2.05, 4.69) is 4.98 Å². The summed E-state index contributed by atoms with van der Waals surface area (Å²) in [4.78, 5) is 4.17. The minimum Gasteiger partial charge on any atom is -0.474 e. The van der Waals surface area contributed by atoms with Crippen molar-refractivity contribution in [3.05, 3.63) is 24.4 Å². The molecule has 1 atom stereocenters. The number of sulfonamides is 1. The summed E-state index contributed by atoms with van der Waals surface area (Å²) < 4.78 is 37.6. The molecule has 1 unspecified atom stereocenters. The predicted octanol–water partition coefficient (Wildman–Crippen LogP) is 1.43. The molecular weight excluding hydrogens is 304 g/mol. The van der Waals surface area contributed by atoms with Crippen molar-refractivity contribution < 1.29 is 17.9 Å². The molecular formula is C15H22N2O4S. The lowest BCUT2D eigenvalue weighted by atomic mass is 9.86. The molecule has 0 saturated carbocycles. The standard InChI is InChI=1S/C15H22N2O4S/c1-12(2)22(18,19)17-10-15(11-17)9-13(6-8-20-15)21-14-5-3-4-7-16-14/h3-5,7,12-13H,6,8-11H2,1-2H3. The number of aromatic nitrogens is 1. The first kappa shape index (κ1) is 15.7. The van der Waals surface area contributed by atoms with Crippen LogP contribution in [0.2, 0.25) is 0 Å². The van der Waals surface area contributed by atoms with Crippen molar-refractivity contribution in [2.24, 2.45) is 0 Å². The maximum atomic E-state index is 12.1. The highest BCUT2D eigenvalue weighted by Gasteiger charge is 2.52. The van der Waals surface area contributed by atoms with Gasteiger partial charge in [-0.05, 0) is 19.9 Å². The van der Waals surface area contributed by atoms with E-state index in [1.807, 2.05) is 18.2 Å². The van der Waals surface area contributed by atoms with Gasteiger partial charge in [0.25, 0.3) is 0 Å². The first-order valence-corrected chi connectivity index (χ1v) is 9.12. The average Bonchev–Trinajstić information content (AvgIpc) is 2.46. The van der Waals surface area contributed by atoms with Gasteiger partial charge in [0, 0.05) is 38.2 Å². The lowest BCUT2D eigenvalue weighted by molar-refractivity contribution is -0.165. The zero-order valence-corrected chi connectivity index (χ0v) is 13.8. The fourth-order valence-corrected chi connectivity index (χ4v) is 4.39. The van der Waals surface area contributed by atoms with Gasteiger partial charge < -0.3 is 9.47 Å². The number of hydrogen-bond donors (Lipinski definition) is 0. The lowest BCUT2D eigenvalue weighted by Gasteiger charge is -2.52.